The van der Waals surface area contributed by atoms with Crippen molar-refractivity contribution in [3.05, 3.63) is 18.0 Å². The summed E-state index contributed by atoms with van der Waals surface area (Å²) in [7, 11) is 1.96. The monoisotopic (exact) mass is 208 g/mol. The van der Waals surface area contributed by atoms with E-state index in [4.69, 9.17) is 0 Å². The van der Waals surface area contributed by atoms with E-state index >= 15 is 0 Å². The first-order chi connectivity index (χ1) is 7.05. The molecule has 1 saturated heterocycles. The zero-order valence-corrected chi connectivity index (χ0v) is 9.82. The van der Waals surface area contributed by atoms with Gasteiger partial charge < -0.3 is 5.32 Å². The molecule has 0 amide bonds. The predicted octanol–water partition coefficient (Wildman–Crippen LogP) is 0.604. The van der Waals surface area contributed by atoms with Gasteiger partial charge >= 0.3 is 0 Å². The third kappa shape index (κ3) is 2.79. The van der Waals surface area contributed by atoms with Crippen LogP contribution in [0.3, 0.4) is 0 Å². The molecule has 4 heteroatoms. The van der Waals surface area contributed by atoms with E-state index in [1.54, 1.807) is 0 Å². The third-order valence-electron chi connectivity index (χ3n) is 2.80. The highest BCUT2D eigenvalue weighted by molar-refractivity contribution is 5.00. The molecule has 1 N–H and O–H groups in total. The zero-order chi connectivity index (χ0) is 10.9. The van der Waals surface area contributed by atoms with E-state index in [9.17, 15) is 0 Å². The van der Waals surface area contributed by atoms with Gasteiger partial charge in [-0.05, 0) is 19.9 Å². The molecule has 0 atom stereocenters. The second-order valence-corrected chi connectivity index (χ2v) is 5.00. The highest BCUT2D eigenvalue weighted by atomic mass is 15.3. The normalized spacial score (nSPS) is 21.8. The van der Waals surface area contributed by atoms with Crippen molar-refractivity contribution in [2.75, 3.05) is 19.6 Å². The first kappa shape index (κ1) is 10.6. The van der Waals surface area contributed by atoms with Crippen LogP contribution in [0.5, 0.6) is 0 Å². The molecule has 0 saturated carbocycles. The fourth-order valence-corrected chi connectivity index (χ4v) is 2.16. The van der Waals surface area contributed by atoms with Crippen LogP contribution >= 0.6 is 0 Å². The maximum Gasteiger partial charge on any atom is 0.0764 e. The fraction of sp³-hybridized carbons (Fsp3) is 0.727. The Balaban J connectivity index is 1.95. The van der Waals surface area contributed by atoms with E-state index in [0.29, 0.717) is 0 Å². The minimum atomic E-state index is 0.229. The second-order valence-electron chi connectivity index (χ2n) is 5.00. The SMILES string of the molecule is Cn1ccc(CN2CCNC(C)(C)C2)n1. The quantitative estimate of drug-likeness (QED) is 0.773. The number of nitrogens with one attached hydrogen (secondary N) is 1. The Morgan fingerprint density at radius 2 is 2.33 bits per heavy atom. The molecular weight excluding hydrogens is 188 g/mol. The molecule has 0 aromatic carbocycles. The molecule has 0 spiro atoms. The van der Waals surface area contributed by atoms with E-state index < -0.39 is 0 Å². The summed E-state index contributed by atoms with van der Waals surface area (Å²) in [6.07, 6.45) is 2.00. The number of hydrogen-bond donors (Lipinski definition) is 1. The summed E-state index contributed by atoms with van der Waals surface area (Å²) in [5.74, 6) is 0. The molecule has 2 heterocycles. The molecule has 1 aromatic heterocycles. The topological polar surface area (TPSA) is 33.1 Å². The van der Waals surface area contributed by atoms with Gasteiger partial charge in [0, 0.05) is 45.0 Å². The van der Waals surface area contributed by atoms with E-state index in [1.165, 1.54) is 0 Å². The molecule has 0 aliphatic carbocycles. The Labute approximate surface area is 91.3 Å². The number of piperazine rings is 1. The molecule has 1 fully saturated rings. The van der Waals surface area contributed by atoms with Gasteiger partial charge in [-0.3, -0.25) is 9.58 Å². The summed E-state index contributed by atoms with van der Waals surface area (Å²) in [5, 5.41) is 7.92. The van der Waals surface area contributed by atoms with Crippen LogP contribution in [0, 0.1) is 0 Å². The van der Waals surface area contributed by atoms with E-state index in [0.717, 1.165) is 31.9 Å². The Kier molecular flexibility index (Phi) is 2.80. The third-order valence-corrected chi connectivity index (χ3v) is 2.80. The van der Waals surface area contributed by atoms with Gasteiger partial charge in [-0.25, -0.2) is 0 Å². The number of nitrogens with zero attached hydrogens (tertiary/aromatic N) is 3. The summed E-state index contributed by atoms with van der Waals surface area (Å²) in [5.41, 5.74) is 1.39. The van der Waals surface area contributed by atoms with Crippen LogP contribution in [0.4, 0.5) is 0 Å². The molecule has 15 heavy (non-hydrogen) atoms. The van der Waals surface area contributed by atoms with Gasteiger partial charge in [0.05, 0.1) is 5.69 Å². The van der Waals surface area contributed by atoms with Crippen LogP contribution in [-0.4, -0.2) is 39.9 Å². The van der Waals surface area contributed by atoms with E-state index in [1.807, 2.05) is 17.9 Å². The predicted molar refractivity (Wildman–Crippen MR) is 60.6 cm³/mol. The molecule has 0 unspecified atom stereocenters. The minimum absolute atomic E-state index is 0.229. The van der Waals surface area contributed by atoms with Crippen molar-refractivity contribution >= 4 is 0 Å². The first-order valence-corrected chi connectivity index (χ1v) is 5.51. The first-order valence-electron chi connectivity index (χ1n) is 5.51. The van der Waals surface area contributed by atoms with Crippen molar-refractivity contribution in [2.24, 2.45) is 7.05 Å². The molecule has 1 aliphatic heterocycles. The number of rotatable bonds is 2. The Hall–Kier alpha value is -0.870. The molecule has 0 bridgehead atoms. The lowest BCUT2D eigenvalue weighted by Gasteiger charge is -2.38. The van der Waals surface area contributed by atoms with Gasteiger partial charge in [-0.1, -0.05) is 0 Å². The maximum absolute atomic E-state index is 4.41. The van der Waals surface area contributed by atoms with Gasteiger partial charge in [0.1, 0.15) is 0 Å². The smallest absolute Gasteiger partial charge is 0.0764 e. The Morgan fingerprint density at radius 3 is 2.93 bits per heavy atom. The molecule has 4 nitrogen and oxygen atoms in total. The van der Waals surface area contributed by atoms with E-state index in [-0.39, 0.29) is 5.54 Å². The average Bonchev–Trinajstić information content (AvgIpc) is 2.49. The lowest BCUT2D eigenvalue weighted by atomic mass is 10.0. The summed E-state index contributed by atoms with van der Waals surface area (Å²) < 4.78 is 1.86. The maximum atomic E-state index is 4.41. The second kappa shape index (κ2) is 3.94. The number of hydrogen-bond acceptors (Lipinski definition) is 3. The lowest BCUT2D eigenvalue weighted by Crippen LogP contribution is -2.56. The van der Waals surface area contributed by atoms with Gasteiger partial charge in [0.25, 0.3) is 0 Å². The average molecular weight is 208 g/mol. The van der Waals surface area contributed by atoms with Gasteiger partial charge in [-0.2, -0.15) is 5.10 Å². The van der Waals surface area contributed by atoms with Gasteiger partial charge in [-0.15, -0.1) is 0 Å². The van der Waals surface area contributed by atoms with Crippen LogP contribution in [0.2, 0.25) is 0 Å². The van der Waals surface area contributed by atoms with Crippen molar-refractivity contribution in [3.63, 3.8) is 0 Å². The standard InChI is InChI=1S/C11H20N4/c1-11(2)9-15(7-5-12-11)8-10-4-6-14(3)13-10/h4,6,12H,5,7-9H2,1-3H3. The van der Waals surface area contributed by atoms with Crippen molar-refractivity contribution < 1.29 is 0 Å². The number of aromatic nitrogens is 2. The summed E-state index contributed by atoms with van der Waals surface area (Å²) in [6.45, 7) is 8.73. The highest BCUT2D eigenvalue weighted by Gasteiger charge is 2.25. The largest absolute Gasteiger partial charge is 0.309 e. The Morgan fingerprint density at radius 1 is 1.53 bits per heavy atom. The van der Waals surface area contributed by atoms with Crippen molar-refractivity contribution in [2.45, 2.75) is 25.9 Å². The molecule has 1 aromatic rings. The van der Waals surface area contributed by atoms with Crippen LogP contribution in [0.15, 0.2) is 12.3 Å². The van der Waals surface area contributed by atoms with Gasteiger partial charge in [0.15, 0.2) is 0 Å². The van der Waals surface area contributed by atoms with Crippen LogP contribution < -0.4 is 5.32 Å². The zero-order valence-electron chi connectivity index (χ0n) is 9.82. The van der Waals surface area contributed by atoms with Crippen molar-refractivity contribution in [1.29, 1.82) is 0 Å². The number of aryl methyl sites for hydroxylation is 1. The van der Waals surface area contributed by atoms with Gasteiger partial charge in [0.2, 0.25) is 0 Å². The molecule has 2 rings (SSSR count). The molecule has 84 valence electrons. The summed E-state index contributed by atoms with van der Waals surface area (Å²) >= 11 is 0. The van der Waals surface area contributed by atoms with Crippen LogP contribution in [0.25, 0.3) is 0 Å². The summed E-state index contributed by atoms with van der Waals surface area (Å²) in [6, 6.07) is 2.09. The van der Waals surface area contributed by atoms with Crippen LogP contribution in [-0.2, 0) is 13.6 Å². The van der Waals surface area contributed by atoms with Crippen LogP contribution in [0.1, 0.15) is 19.5 Å². The molecule has 0 radical (unpaired) electrons. The molecule has 1 aliphatic rings. The van der Waals surface area contributed by atoms with Crippen molar-refractivity contribution in [1.82, 2.24) is 20.0 Å². The van der Waals surface area contributed by atoms with E-state index in [2.05, 4.69) is 35.2 Å². The molecular formula is C11H20N4. The summed E-state index contributed by atoms with van der Waals surface area (Å²) in [4.78, 5) is 2.46. The highest BCUT2D eigenvalue weighted by Crippen LogP contribution is 2.12. The Bertz CT molecular complexity index is 329. The fourth-order valence-electron chi connectivity index (χ4n) is 2.16. The minimum Gasteiger partial charge on any atom is -0.309 e. The lowest BCUT2D eigenvalue weighted by molar-refractivity contribution is 0.146. The van der Waals surface area contributed by atoms with Crippen molar-refractivity contribution in [3.8, 4) is 0 Å².